The van der Waals surface area contributed by atoms with Crippen LogP contribution in [-0.2, 0) is 0 Å². The van der Waals surface area contributed by atoms with Crippen molar-refractivity contribution in [3.05, 3.63) is 70.1 Å². The maximum absolute atomic E-state index is 6.01. The molecule has 0 aliphatic carbocycles. The molecule has 3 aromatic rings. The summed E-state index contributed by atoms with van der Waals surface area (Å²) in [5.74, 6) is 0. The van der Waals surface area contributed by atoms with E-state index in [-0.39, 0.29) is 6.04 Å². The van der Waals surface area contributed by atoms with Crippen molar-refractivity contribution >= 4 is 33.0 Å². The Balaban J connectivity index is 1.99. The van der Waals surface area contributed by atoms with E-state index < -0.39 is 0 Å². The normalized spacial score (nSPS) is 12.7. The number of thiophene rings is 1. The Labute approximate surface area is 134 Å². The van der Waals surface area contributed by atoms with Crippen molar-refractivity contribution in [3.8, 4) is 0 Å². The van der Waals surface area contributed by atoms with Gasteiger partial charge < -0.3 is 5.32 Å². The van der Waals surface area contributed by atoms with Crippen LogP contribution in [0.1, 0.15) is 29.8 Å². The summed E-state index contributed by atoms with van der Waals surface area (Å²) in [6.45, 7) is 3.19. The van der Waals surface area contributed by atoms with E-state index in [1.54, 1.807) is 0 Å². The molecular formula is C18H18ClNS. The highest BCUT2D eigenvalue weighted by Crippen LogP contribution is 2.33. The first-order valence-corrected chi connectivity index (χ1v) is 8.44. The summed E-state index contributed by atoms with van der Waals surface area (Å²) in [6.07, 6.45) is 1.12. The lowest BCUT2D eigenvalue weighted by atomic mass is 10.0. The Kier molecular flexibility index (Phi) is 4.59. The van der Waals surface area contributed by atoms with E-state index in [4.69, 9.17) is 11.6 Å². The van der Waals surface area contributed by atoms with Crippen LogP contribution >= 0.6 is 22.9 Å². The quantitative estimate of drug-likeness (QED) is 0.642. The van der Waals surface area contributed by atoms with Crippen LogP contribution in [0.3, 0.4) is 0 Å². The van der Waals surface area contributed by atoms with E-state index in [0.29, 0.717) is 0 Å². The molecule has 0 radical (unpaired) electrons. The van der Waals surface area contributed by atoms with Gasteiger partial charge in [-0.3, -0.25) is 0 Å². The Hall–Kier alpha value is -1.35. The van der Waals surface area contributed by atoms with E-state index in [1.807, 2.05) is 23.5 Å². The van der Waals surface area contributed by atoms with Crippen molar-refractivity contribution in [2.24, 2.45) is 0 Å². The van der Waals surface area contributed by atoms with Crippen molar-refractivity contribution in [1.82, 2.24) is 5.32 Å². The number of hydrogen-bond acceptors (Lipinski definition) is 2. The molecule has 1 atom stereocenters. The fraction of sp³-hybridized carbons (Fsp3) is 0.222. The molecule has 108 valence electrons. The van der Waals surface area contributed by atoms with Crippen molar-refractivity contribution in [2.45, 2.75) is 19.4 Å². The van der Waals surface area contributed by atoms with E-state index in [1.165, 1.54) is 20.5 Å². The zero-order valence-corrected chi connectivity index (χ0v) is 13.5. The molecule has 0 spiro atoms. The molecule has 1 aromatic heterocycles. The first-order chi connectivity index (χ1) is 10.3. The molecule has 1 nitrogen and oxygen atoms in total. The summed E-state index contributed by atoms with van der Waals surface area (Å²) in [4.78, 5) is 1.35. The van der Waals surface area contributed by atoms with Gasteiger partial charge in [-0.25, -0.2) is 0 Å². The van der Waals surface area contributed by atoms with Crippen molar-refractivity contribution in [3.63, 3.8) is 0 Å². The molecule has 3 heteroatoms. The van der Waals surface area contributed by atoms with Crippen LogP contribution in [0.4, 0.5) is 0 Å². The van der Waals surface area contributed by atoms with E-state index in [0.717, 1.165) is 18.0 Å². The molecule has 0 aliphatic heterocycles. The second-order valence-corrected chi connectivity index (χ2v) is 6.68. The topological polar surface area (TPSA) is 12.0 Å². The van der Waals surface area contributed by atoms with Gasteiger partial charge in [0.05, 0.1) is 6.04 Å². The molecule has 1 heterocycles. The monoisotopic (exact) mass is 315 g/mol. The molecule has 0 saturated heterocycles. The zero-order valence-electron chi connectivity index (χ0n) is 12.0. The Bertz CT molecular complexity index is 684. The molecule has 0 fully saturated rings. The van der Waals surface area contributed by atoms with Crippen LogP contribution in [0.5, 0.6) is 0 Å². The van der Waals surface area contributed by atoms with Crippen LogP contribution < -0.4 is 5.32 Å². The van der Waals surface area contributed by atoms with Gasteiger partial charge in [0.25, 0.3) is 0 Å². The smallest absolute Gasteiger partial charge is 0.0671 e. The SMILES string of the molecule is CCCNC(c1ccc(Cl)cc1)c1cc2ccccc2s1. The molecule has 21 heavy (non-hydrogen) atoms. The number of rotatable bonds is 5. The van der Waals surface area contributed by atoms with E-state index >= 15 is 0 Å². The summed E-state index contributed by atoms with van der Waals surface area (Å²) >= 11 is 7.87. The van der Waals surface area contributed by atoms with Gasteiger partial charge >= 0.3 is 0 Å². The Morgan fingerprint density at radius 2 is 1.86 bits per heavy atom. The summed E-state index contributed by atoms with van der Waals surface area (Å²) in [6, 6.07) is 19.2. The highest BCUT2D eigenvalue weighted by atomic mass is 35.5. The molecular weight excluding hydrogens is 298 g/mol. The van der Waals surface area contributed by atoms with Gasteiger partial charge in [-0.15, -0.1) is 11.3 Å². The van der Waals surface area contributed by atoms with Gasteiger partial charge in [-0.2, -0.15) is 0 Å². The third kappa shape index (κ3) is 3.29. The second kappa shape index (κ2) is 6.61. The predicted octanol–water partition coefficient (Wildman–Crippen LogP) is 5.64. The summed E-state index contributed by atoms with van der Waals surface area (Å²) in [7, 11) is 0. The summed E-state index contributed by atoms with van der Waals surface area (Å²) in [5, 5.41) is 5.75. The second-order valence-electron chi connectivity index (χ2n) is 5.13. The van der Waals surface area contributed by atoms with E-state index in [2.05, 4.69) is 54.7 Å². The van der Waals surface area contributed by atoms with Gasteiger partial charge in [0.15, 0.2) is 0 Å². The first-order valence-electron chi connectivity index (χ1n) is 7.25. The predicted molar refractivity (Wildman–Crippen MR) is 93.4 cm³/mol. The minimum Gasteiger partial charge on any atom is -0.306 e. The van der Waals surface area contributed by atoms with Gasteiger partial charge in [0.1, 0.15) is 0 Å². The minimum atomic E-state index is 0.236. The van der Waals surface area contributed by atoms with Gasteiger partial charge in [0.2, 0.25) is 0 Å². The number of hydrogen-bond donors (Lipinski definition) is 1. The molecule has 0 bridgehead atoms. The van der Waals surface area contributed by atoms with Crippen LogP contribution in [0, 0.1) is 0 Å². The highest BCUT2D eigenvalue weighted by molar-refractivity contribution is 7.19. The first kappa shape index (κ1) is 14.6. The highest BCUT2D eigenvalue weighted by Gasteiger charge is 2.16. The molecule has 1 N–H and O–H groups in total. The standard InChI is InChI=1S/C18H18ClNS/c1-2-11-20-18(13-7-9-15(19)10-8-13)17-12-14-5-3-4-6-16(14)21-17/h3-10,12,18,20H,2,11H2,1H3. The Morgan fingerprint density at radius 1 is 1.10 bits per heavy atom. The van der Waals surface area contributed by atoms with Crippen LogP contribution in [0.15, 0.2) is 54.6 Å². The molecule has 0 aliphatic rings. The fourth-order valence-electron chi connectivity index (χ4n) is 2.47. The number of fused-ring (bicyclic) bond motifs is 1. The van der Waals surface area contributed by atoms with Crippen molar-refractivity contribution < 1.29 is 0 Å². The number of halogens is 1. The maximum Gasteiger partial charge on any atom is 0.0671 e. The number of nitrogens with one attached hydrogen (secondary N) is 1. The summed E-state index contributed by atoms with van der Waals surface area (Å²) in [5.41, 5.74) is 1.26. The molecule has 2 aromatic carbocycles. The lowest BCUT2D eigenvalue weighted by Gasteiger charge is -2.17. The van der Waals surface area contributed by atoms with E-state index in [9.17, 15) is 0 Å². The Morgan fingerprint density at radius 3 is 2.57 bits per heavy atom. The molecule has 0 amide bonds. The van der Waals surface area contributed by atoms with Crippen molar-refractivity contribution in [2.75, 3.05) is 6.54 Å². The largest absolute Gasteiger partial charge is 0.306 e. The lowest BCUT2D eigenvalue weighted by molar-refractivity contribution is 0.606. The maximum atomic E-state index is 6.01. The van der Waals surface area contributed by atoms with Crippen LogP contribution in [-0.4, -0.2) is 6.54 Å². The third-order valence-electron chi connectivity index (χ3n) is 3.53. The third-order valence-corrected chi connectivity index (χ3v) is 4.96. The molecule has 1 unspecified atom stereocenters. The lowest BCUT2D eigenvalue weighted by Crippen LogP contribution is -2.22. The number of benzene rings is 2. The van der Waals surface area contributed by atoms with Gasteiger partial charge in [0, 0.05) is 14.6 Å². The zero-order chi connectivity index (χ0) is 14.7. The van der Waals surface area contributed by atoms with Gasteiger partial charge in [-0.1, -0.05) is 48.9 Å². The van der Waals surface area contributed by atoms with Gasteiger partial charge in [-0.05, 0) is 48.2 Å². The van der Waals surface area contributed by atoms with Crippen molar-refractivity contribution in [1.29, 1.82) is 0 Å². The fourth-order valence-corrected chi connectivity index (χ4v) is 3.77. The average Bonchev–Trinajstić information content (AvgIpc) is 2.93. The minimum absolute atomic E-state index is 0.236. The van der Waals surface area contributed by atoms with Crippen LogP contribution in [0.2, 0.25) is 5.02 Å². The molecule has 0 saturated carbocycles. The van der Waals surface area contributed by atoms with Crippen LogP contribution in [0.25, 0.3) is 10.1 Å². The molecule has 3 rings (SSSR count). The average molecular weight is 316 g/mol. The summed E-state index contributed by atoms with van der Waals surface area (Å²) < 4.78 is 1.34.